The molecule has 0 fully saturated rings. The van der Waals surface area contributed by atoms with Gasteiger partial charge >= 0.3 is 0 Å². The van der Waals surface area contributed by atoms with Gasteiger partial charge in [0.15, 0.2) is 0 Å². The number of aromatic hydroxyl groups is 2. The van der Waals surface area contributed by atoms with E-state index in [-0.39, 0.29) is 11.5 Å². The molecule has 4 nitrogen and oxygen atoms in total. The Morgan fingerprint density at radius 1 is 1.36 bits per heavy atom. The Morgan fingerprint density at radius 3 is 2.57 bits per heavy atom. The highest BCUT2D eigenvalue weighted by Crippen LogP contribution is 2.24. The summed E-state index contributed by atoms with van der Waals surface area (Å²) in [5.41, 5.74) is 0.872. The molecule has 0 saturated heterocycles. The van der Waals surface area contributed by atoms with E-state index in [0.717, 1.165) is 6.42 Å². The zero-order valence-electron chi connectivity index (χ0n) is 7.94. The van der Waals surface area contributed by atoms with Crippen LogP contribution in [0.1, 0.15) is 25.3 Å². The van der Waals surface area contributed by atoms with Crippen molar-refractivity contribution in [2.24, 2.45) is 5.16 Å². The van der Waals surface area contributed by atoms with Crippen LogP contribution < -0.4 is 0 Å². The number of phenolic OH excluding ortho intramolecular Hbond substituents is 2. The second-order valence-corrected chi connectivity index (χ2v) is 3.00. The van der Waals surface area contributed by atoms with Crippen molar-refractivity contribution in [3.63, 3.8) is 0 Å². The van der Waals surface area contributed by atoms with E-state index in [1.165, 1.54) is 18.2 Å². The summed E-state index contributed by atoms with van der Waals surface area (Å²) >= 11 is 0. The van der Waals surface area contributed by atoms with E-state index in [4.69, 9.17) is 10.3 Å². The molecule has 0 aliphatic heterocycles. The van der Waals surface area contributed by atoms with Crippen molar-refractivity contribution in [3.8, 4) is 11.5 Å². The summed E-state index contributed by atoms with van der Waals surface area (Å²) in [5, 5.41) is 30.4. The molecule has 0 bridgehead atoms. The summed E-state index contributed by atoms with van der Waals surface area (Å²) < 4.78 is 0. The van der Waals surface area contributed by atoms with E-state index < -0.39 is 0 Å². The minimum atomic E-state index is -0.0775. The number of hydrogen-bond acceptors (Lipinski definition) is 4. The third-order valence-electron chi connectivity index (χ3n) is 1.90. The highest BCUT2D eigenvalue weighted by molar-refractivity contribution is 6.02. The van der Waals surface area contributed by atoms with Gasteiger partial charge in [-0.2, -0.15) is 0 Å². The van der Waals surface area contributed by atoms with Crippen molar-refractivity contribution >= 4 is 5.71 Å². The van der Waals surface area contributed by atoms with Crippen molar-refractivity contribution in [2.45, 2.75) is 19.8 Å². The van der Waals surface area contributed by atoms with Crippen LogP contribution in [0, 0.1) is 0 Å². The number of oxime groups is 1. The monoisotopic (exact) mass is 195 g/mol. The lowest BCUT2D eigenvalue weighted by atomic mass is 10.1. The molecule has 0 aliphatic carbocycles. The molecule has 76 valence electrons. The second-order valence-electron chi connectivity index (χ2n) is 3.00. The molecule has 1 aromatic carbocycles. The van der Waals surface area contributed by atoms with Crippen LogP contribution >= 0.6 is 0 Å². The Kier molecular flexibility index (Phi) is 3.34. The Hall–Kier alpha value is -1.71. The Morgan fingerprint density at radius 2 is 2.07 bits per heavy atom. The van der Waals surface area contributed by atoms with Gasteiger partial charge in [0.25, 0.3) is 0 Å². The molecule has 0 aromatic heterocycles. The average molecular weight is 195 g/mol. The summed E-state index contributed by atoms with van der Waals surface area (Å²) in [7, 11) is 0. The normalized spacial score (nSPS) is 11.6. The molecule has 0 heterocycles. The molecule has 0 unspecified atom stereocenters. The number of phenols is 2. The SMILES string of the molecule is CCC/C(=N\O)c1ccc(O)cc1O. The zero-order chi connectivity index (χ0) is 10.6. The van der Waals surface area contributed by atoms with Gasteiger partial charge in [-0.05, 0) is 18.6 Å². The molecule has 0 aliphatic rings. The topological polar surface area (TPSA) is 73.1 Å². The smallest absolute Gasteiger partial charge is 0.128 e. The molecular formula is C10H13NO3. The minimum absolute atomic E-state index is 0.0139. The van der Waals surface area contributed by atoms with Crippen molar-refractivity contribution < 1.29 is 15.4 Å². The molecule has 0 atom stereocenters. The standard InChI is InChI=1S/C10H13NO3/c1-2-3-9(11-14)8-5-4-7(12)6-10(8)13/h4-6,12-14H,2-3H2,1H3/b11-9+. The molecule has 0 radical (unpaired) electrons. The quantitative estimate of drug-likeness (QED) is 0.392. The Bertz CT molecular complexity index is 347. The van der Waals surface area contributed by atoms with Gasteiger partial charge in [-0.3, -0.25) is 0 Å². The number of hydrogen-bond donors (Lipinski definition) is 3. The van der Waals surface area contributed by atoms with Gasteiger partial charge in [0.05, 0.1) is 5.71 Å². The van der Waals surface area contributed by atoms with Crippen LogP contribution in [-0.4, -0.2) is 21.1 Å². The van der Waals surface area contributed by atoms with Crippen LogP contribution in [0.5, 0.6) is 11.5 Å². The zero-order valence-corrected chi connectivity index (χ0v) is 7.94. The molecule has 14 heavy (non-hydrogen) atoms. The van der Waals surface area contributed by atoms with Crippen molar-refractivity contribution in [2.75, 3.05) is 0 Å². The number of nitrogens with zero attached hydrogens (tertiary/aromatic N) is 1. The summed E-state index contributed by atoms with van der Waals surface area (Å²) in [6.07, 6.45) is 1.40. The van der Waals surface area contributed by atoms with Gasteiger partial charge in [-0.1, -0.05) is 18.5 Å². The van der Waals surface area contributed by atoms with Gasteiger partial charge in [-0.15, -0.1) is 0 Å². The number of rotatable bonds is 3. The number of benzene rings is 1. The van der Waals surface area contributed by atoms with E-state index in [0.29, 0.717) is 17.7 Å². The third-order valence-corrected chi connectivity index (χ3v) is 1.90. The summed E-state index contributed by atoms with van der Waals surface area (Å²) in [6, 6.07) is 4.18. The molecular weight excluding hydrogens is 182 g/mol. The van der Waals surface area contributed by atoms with Crippen LogP contribution in [0.25, 0.3) is 0 Å². The van der Waals surface area contributed by atoms with Gasteiger partial charge in [0, 0.05) is 11.6 Å². The Labute approximate surface area is 82.1 Å². The van der Waals surface area contributed by atoms with Crippen LogP contribution in [0.4, 0.5) is 0 Å². The first kappa shape index (κ1) is 10.4. The fourth-order valence-electron chi connectivity index (χ4n) is 1.24. The molecule has 1 aromatic rings. The molecule has 0 amide bonds. The summed E-state index contributed by atoms with van der Waals surface area (Å²) in [5.74, 6) is -0.0914. The van der Waals surface area contributed by atoms with Crippen molar-refractivity contribution in [1.29, 1.82) is 0 Å². The maximum atomic E-state index is 9.47. The molecule has 0 spiro atoms. The lowest BCUT2D eigenvalue weighted by molar-refractivity contribution is 0.317. The fraction of sp³-hybridized carbons (Fsp3) is 0.300. The summed E-state index contributed by atoms with van der Waals surface area (Å²) in [6.45, 7) is 1.95. The summed E-state index contributed by atoms with van der Waals surface area (Å²) in [4.78, 5) is 0. The highest BCUT2D eigenvalue weighted by Gasteiger charge is 2.09. The Balaban J connectivity index is 3.05. The first-order valence-corrected chi connectivity index (χ1v) is 4.42. The van der Waals surface area contributed by atoms with Crippen LogP contribution in [0.2, 0.25) is 0 Å². The molecule has 0 saturated carbocycles. The predicted molar refractivity (Wildman–Crippen MR) is 53.0 cm³/mol. The first-order chi connectivity index (χ1) is 6.69. The fourth-order valence-corrected chi connectivity index (χ4v) is 1.24. The average Bonchev–Trinajstić information content (AvgIpc) is 2.15. The lowest BCUT2D eigenvalue weighted by Gasteiger charge is -2.05. The largest absolute Gasteiger partial charge is 0.508 e. The van der Waals surface area contributed by atoms with E-state index in [2.05, 4.69) is 5.16 Å². The minimum Gasteiger partial charge on any atom is -0.508 e. The van der Waals surface area contributed by atoms with Crippen LogP contribution in [0.15, 0.2) is 23.4 Å². The molecule has 1 rings (SSSR count). The third kappa shape index (κ3) is 2.16. The lowest BCUT2D eigenvalue weighted by Crippen LogP contribution is -2.00. The highest BCUT2D eigenvalue weighted by atomic mass is 16.4. The molecule has 4 heteroatoms. The van der Waals surface area contributed by atoms with Crippen molar-refractivity contribution in [3.05, 3.63) is 23.8 Å². The van der Waals surface area contributed by atoms with Gasteiger partial charge in [0.1, 0.15) is 11.5 Å². The van der Waals surface area contributed by atoms with Crippen LogP contribution in [-0.2, 0) is 0 Å². The van der Waals surface area contributed by atoms with E-state index in [9.17, 15) is 5.11 Å². The molecule has 3 N–H and O–H groups in total. The first-order valence-electron chi connectivity index (χ1n) is 4.42. The predicted octanol–water partition coefficient (Wildman–Crippen LogP) is 2.08. The van der Waals surface area contributed by atoms with Crippen LogP contribution in [0.3, 0.4) is 0 Å². The maximum Gasteiger partial charge on any atom is 0.128 e. The second kappa shape index (κ2) is 4.50. The van der Waals surface area contributed by atoms with E-state index in [1.807, 2.05) is 6.92 Å². The van der Waals surface area contributed by atoms with Gasteiger partial charge in [-0.25, -0.2) is 0 Å². The van der Waals surface area contributed by atoms with Gasteiger partial charge < -0.3 is 15.4 Å². The van der Waals surface area contributed by atoms with E-state index >= 15 is 0 Å². The maximum absolute atomic E-state index is 9.47. The van der Waals surface area contributed by atoms with Crippen molar-refractivity contribution in [1.82, 2.24) is 0 Å². The van der Waals surface area contributed by atoms with E-state index in [1.54, 1.807) is 0 Å². The van der Waals surface area contributed by atoms with Gasteiger partial charge in [0.2, 0.25) is 0 Å².